The molecule has 5 heterocycles. The van der Waals surface area contributed by atoms with E-state index in [-0.39, 0.29) is 38.4 Å². The lowest BCUT2D eigenvalue weighted by Gasteiger charge is -2.43. The minimum atomic E-state index is -1.19. The summed E-state index contributed by atoms with van der Waals surface area (Å²) in [6, 6.07) is 9.41. The SMILES string of the molecule is COc1ccc(Cn2nc(Oc3ccnc(Cl)c3Cl)c3ncc(N4CCC5(CC4)CO[C@@H](C)[C@H]5N[S@@](=O)C(C)(C)C)nc32)cc1. The van der Waals surface area contributed by atoms with Crippen LogP contribution in [0.4, 0.5) is 5.82 Å². The van der Waals surface area contributed by atoms with Gasteiger partial charge in [-0.1, -0.05) is 35.3 Å². The second kappa shape index (κ2) is 12.6. The van der Waals surface area contributed by atoms with Crippen molar-refractivity contribution in [2.24, 2.45) is 5.41 Å². The van der Waals surface area contributed by atoms with Crippen molar-refractivity contribution in [3.8, 4) is 17.4 Å². The Morgan fingerprint density at radius 3 is 2.56 bits per heavy atom. The number of rotatable bonds is 8. The zero-order chi connectivity index (χ0) is 31.9. The largest absolute Gasteiger partial charge is 0.497 e. The predicted octanol–water partition coefficient (Wildman–Crippen LogP) is 5.80. The van der Waals surface area contributed by atoms with Gasteiger partial charge in [0.15, 0.2) is 22.1 Å². The average molecular weight is 675 g/mol. The fourth-order valence-corrected chi connectivity index (χ4v) is 7.18. The van der Waals surface area contributed by atoms with E-state index in [4.69, 9.17) is 52.5 Å². The first-order chi connectivity index (χ1) is 21.5. The van der Waals surface area contributed by atoms with Crippen molar-refractivity contribution >= 4 is 51.2 Å². The summed E-state index contributed by atoms with van der Waals surface area (Å²) < 4.78 is 35.4. The van der Waals surface area contributed by atoms with Gasteiger partial charge in [-0.2, -0.15) is 0 Å². The molecule has 6 rings (SSSR count). The number of ether oxygens (including phenoxy) is 3. The zero-order valence-corrected chi connectivity index (χ0v) is 28.2. The molecule has 14 heteroatoms. The van der Waals surface area contributed by atoms with Crippen molar-refractivity contribution in [3.05, 3.63) is 58.5 Å². The number of hydrogen-bond acceptors (Lipinski definition) is 9. The lowest BCUT2D eigenvalue weighted by molar-refractivity contribution is 0.0973. The molecule has 1 N–H and O–H groups in total. The van der Waals surface area contributed by atoms with Gasteiger partial charge in [-0.3, -0.25) is 0 Å². The fraction of sp³-hybridized carbons (Fsp3) is 0.484. The van der Waals surface area contributed by atoms with Gasteiger partial charge in [-0.25, -0.2) is 28.6 Å². The van der Waals surface area contributed by atoms with Gasteiger partial charge in [0.05, 0.1) is 54.3 Å². The molecule has 3 aromatic heterocycles. The summed E-state index contributed by atoms with van der Waals surface area (Å²) >= 11 is 12.5. The summed E-state index contributed by atoms with van der Waals surface area (Å²) in [4.78, 5) is 16.1. The molecule has 45 heavy (non-hydrogen) atoms. The number of halogens is 2. The van der Waals surface area contributed by atoms with Gasteiger partial charge >= 0.3 is 0 Å². The van der Waals surface area contributed by atoms with Crippen LogP contribution in [0, 0.1) is 5.41 Å². The maximum absolute atomic E-state index is 13.0. The molecular formula is C31H37Cl2N7O4S. The number of methoxy groups -OCH3 is 1. The first kappa shape index (κ1) is 31.9. The molecular weight excluding hydrogens is 637 g/mol. The minimum Gasteiger partial charge on any atom is -0.497 e. The van der Waals surface area contributed by atoms with E-state index in [2.05, 4.69) is 21.5 Å². The van der Waals surface area contributed by atoms with E-state index in [0.29, 0.717) is 30.1 Å². The topological polar surface area (TPSA) is 117 Å². The normalized spacial score (nSPS) is 20.6. The highest BCUT2D eigenvalue weighted by Gasteiger charge is 2.50. The van der Waals surface area contributed by atoms with Crippen LogP contribution < -0.4 is 19.1 Å². The Labute approximate surface area is 275 Å². The van der Waals surface area contributed by atoms with E-state index in [1.165, 1.54) is 6.20 Å². The minimum absolute atomic E-state index is 0.00687. The van der Waals surface area contributed by atoms with Crippen LogP contribution in [0.1, 0.15) is 46.1 Å². The van der Waals surface area contributed by atoms with Crippen LogP contribution in [0.3, 0.4) is 0 Å². The molecule has 11 nitrogen and oxygen atoms in total. The van der Waals surface area contributed by atoms with Gasteiger partial charge in [0, 0.05) is 30.8 Å². The van der Waals surface area contributed by atoms with Gasteiger partial charge in [0.2, 0.25) is 0 Å². The smallest absolute Gasteiger partial charge is 0.266 e. The Bertz CT molecular complexity index is 1700. The number of fused-ring (bicyclic) bond motifs is 1. The van der Waals surface area contributed by atoms with Crippen molar-refractivity contribution in [3.63, 3.8) is 0 Å². The Morgan fingerprint density at radius 2 is 1.87 bits per heavy atom. The molecule has 0 aliphatic carbocycles. The third-order valence-electron chi connectivity index (χ3n) is 8.55. The molecule has 4 aromatic rings. The van der Waals surface area contributed by atoms with Gasteiger partial charge < -0.3 is 19.1 Å². The Kier molecular flexibility index (Phi) is 8.97. The van der Waals surface area contributed by atoms with Crippen LogP contribution in [0.2, 0.25) is 10.2 Å². The summed E-state index contributed by atoms with van der Waals surface area (Å²) in [5.74, 6) is 2.10. The van der Waals surface area contributed by atoms with Crippen molar-refractivity contribution in [1.82, 2.24) is 29.5 Å². The number of nitrogens with zero attached hydrogens (tertiary/aromatic N) is 6. The second-order valence-electron chi connectivity index (χ2n) is 12.6. The number of nitrogens with one attached hydrogen (secondary N) is 1. The van der Waals surface area contributed by atoms with E-state index in [0.717, 1.165) is 43.1 Å². The molecule has 0 bridgehead atoms. The third kappa shape index (κ3) is 6.48. The fourth-order valence-electron chi connectivity index (χ4n) is 5.86. The van der Waals surface area contributed by atoms with Crippen molar-refractivity contribution in [2.75, 3.05) is 31.7 Å². The number of anilines is 1. The predicted molar refractivity (Wildman–Crippen MR) is 176 cm³/mol. The van der Waals surface area contributed by atoms with Crippen LogP contribution in [-0.4, -0.2) is 72.6 Å². The standard InChI is InChI=1S/C31H37Cl2N7O4S/c1-19-26(38-45(41)30(2,3)4)31(18-43-19)11-14-39(15-12-31)23-16-35-25-28(36-23)40(17-20-6-8-21(42-5)9-7-20)37-29(25)44-22-10-13-34-27(33)24(22)32/h6-10,13,16,19,26,38H,11-12,14-15,17-18H2,1-5H3/t19-,26+,45-/m0/s1. The number of pyridine rings is 1. The summed E-state index contributed by atoms with van der Waals surface area (Å²) in [5, 5.41) is 5.07. The Hall–Kier alpha value is -3.03. The van der Waals surface area contributed by atoms with Gasteiger partial charge in [0.25, 0.3) is 5.88 Å². The average Bonchev–Trinajstić information content (AvgIpc) is 3.51. The molecule has 2 aliphatic heterocycles. The molecule has 0 unspecified atom stereocenters. The molecule has 2 fully saturated rings. The molecule has 0 saturated carbocycles. The monoisotopic (exact) mass is 673 g/mol. The number of piperidine rings is 1. The molecule has 0 amide bonds. The number of hydrogen-bond donors (Lipinski definition) is 1. The van der Waals surface area contributed by atoms with Crippen LogP contribution in [-0.2, 0) is 22.3 Å². The van der Waals surface area contributed by atoms with Crippen LogP contribution in [0.25, 0.3) is 11.2 Å². The molecule has 2 saturated heterocycles. The molecule has 1 spiro atoms. The van der Waals surface area contributed by atoms with Gasteiger partial charge in [0.1, 0.15) is 16.6 Å². The Balaban J connectivity index is 1.28. The molecule has 3 atom stereocenters. The highest BCUT2D eigenvalue weighted by molar-refractivity contribution is 7.84. The summed E-state index contributed by atoms with van der Waals surface area (Å²) in [5.41, 5.74) is 1.98. The molecule has 2 aliphatic rings. The van der Waals surface area contributed by atoms with E-state index < -0.39 is 11.0 Å². The lowest BCUT2D eigenvalue weighted by Crippen LogP contribution is -2.55. The first-order valence-corrected chi connectivity index (χ1v) is 16.8. The first-order valence-electron chi connectivity index (χ1n) is 14.9. The summed E-state index contributed by atoms with van der Waals surface area (Å²) in [6.07, 6.45) is 5.00. The number of aromatic nitrogens is 5. The van der Waals surface area contributed by atoms with Gasteiger partial charge in [-0.05, 0) is 58.2 Å². The van der Waals surface area contributed by atoms with E-state index in [9.17, 15) is 4.21 Å². The molecule has 1 aromatic carbocycles. The maximum Gasteiger partial charge on any atom is 0.266 e. The van der Waals surface area contributed by atoms with Crippen molar-refractivity contribution in [2.45, 2.75) is 64.0 Å². The quantitative estimate of drug-likeness (QED) is 0.232. The van der Waals surface area contributed by atoms with Crippen molar-refractivity contribution < 1.29 is 18.4 Å². The Morgan fingerprint density at radius 1 is 1.13 bits per heavy atom. The lowest BCUT2D eigenvalue weighted by atomic mass is 9.73. The zero-order valence-electron chi connectivity index (χ0n) is 25.9. The summed E-state index contributed by atoms with van der Waals surface area (Å²) in [7, 11) is 0.452. The van der Waals surface area contributed by atoms with E-state index in [1.807, 2.05) is 45.0 Å². The van der Waals surface area contributed by atoms with Crippen LogP contribution in [0.5, 0.6) is 17.4 Å². The molecule has 0 radical (unpaired) electrons. The van der Waals surface area contributed by atoms with Crippen LogP contribution >= 0.6 is 23.2 Å². The summed E-state index contributed by atoms with van der Waals surface area (Å²) in [6.45, 7) is 10.6. The van der Waals surface area contributed by atoms with E-state index in [1.54, 1.807) is 24.1 Å². The second-order valence-corrected chi connectivity index (χ2v) is 15.3. The highest BCUT2D eigenvalue weighted by atomic mass is 35.5. The number of benzene rings is 1. The van der Waals surface area contributed by atoms with Crippen LogP contribution in [0.15, 0.2) is 42.7 Å². The highest BCUT2D eigenvalue weighted by Crippen LogP contribution is 2.43. The molecule has 240 valence electrons. The third-order valence-corrected chi connectivity index (χ3v) is 10.9. The maximum atomic E-state index is 13.0. The van der Waals surface area contributed by atoms with Crippen molar-refractivity contribution in [1.29, 1.82) is 0 Å². The van der Waals surface area contributed by atoms with Gasteiger partial charge in [-0.15, -0.1) is 5.10 Å². The van der Waals surface area contributed by atoms with E-state index >= 15 is 0 Å².